The average molecular weight is 199 g/mol. The van der Waals surface area contributed by atoms with Crippen LogP contribution in [-0.2, 0) is 9.73 Å². The van der Waals surface area contributed by atoms with Crippen LogP contribution in [0.1, 0.15) is 6.42 Å². The van der Waals surface area contributed by atoms with Gasteiger partial charge in [0.2, 0.25) is 0 Å². The summed E-state index contributed by atoms with van der Waals surface area (Å²) in [6, 6.07) is 5.78. The van der Waals surface area contributed by atoms with Crippen molar-refractivity contribution in [1.82, 2.24) is 0 Å². The van der Waals surface area contributed by atoms with Gasteiger partial charge in [-0.05, 0) is 30.7 Å². The molecule has 0 amide bonds. The van der Waals surface area contributed by atoms with E-state index in [9.17, 15) is 8.60 Å². The molecule has 0 aromatic heterocycles. The van der Waals surface area contributed by atoms with Gasteiger partial charge in [-0.2, -0.15) is 4.36 Å². The summed E-state index contributed by atoms with van der Waals surface area (Å²) in [6.45, 7) is 0. The number of hydrogen-bond acceptors (Lipinski definition) is 2. The van der Waals surface area contributed by atoms with E-state index < -0.39 is 9.73 Å². The number of benzene rings is 1. The first-order valence-electron chi connectivity index (χ1n) is 4.16. The molecule has 1 aromatic carbocycles. The first-order chi connectivity index (χ1) is 6.18. The lowest BCUT2D eigenvalue weighted by Crippen LogP contribution is -2.22. The molecule has 1 aromatic rings. The van der Waals surface area contributed by atoms with Gasteiger partial charge in [-0.25, -0.2) is 8.60 Å². The van der Waals surface area contributed by atoms with E-state index >= 15 is 0 Å². The molecule has 0 atom stereocenters. The summed E-state index contributed by atoms with van der Waals surface area (Å²) < 4.78 is 28.2. The maximum absolute atomic E-state index is 12.5. The highest BCUT2D eigenvalue weighted by molar-refractivity contribution is 7.95. The molecule has 1 aliphatic heterocycles. The first-order valence-corrected chi connectivity index (χ1v) is 6.01. The zero-order valence-corrected chi connectivity index (χ0v) is 7.89. The first kappa shape index (κ1) is 8.69. The molecule has 1 fully saturated rings. The zero-order chi connectivity index (χ0) is 9.31. The Morgan fingerprint density at radius 2 is 1.85 bits per heavy atom. The Morgan fingerprint density at radius 1 is 1.23 bits per heavy atom. The molecule has 70 valence electrons. The third kappa shape index (κ3) is 1.88. The molecule has 1 saturated heterocycles. The number of halogens is 1. The molecule has 0 radical (unpaired) electrons. The summed E-state index contributed by atoms with van der Waals surface area (Å²) in [5.41, 5.74) is 0.617. The van der Waals surface area contributed by atoms with Crippen LogP contribution < -0.4 is 0 Å². The Bertz CT molecular complexity index is 408. The zero-order valence-electron chi connectivity index (χ0n) is 7.07. The number of nitrogens with zero attached hydrogens (tertiary/aromatic N) is 1. The van der Waals surface area contributed by atoms with Gasteiger partial charge in [-0.1, -0.05) is 0 Å². The lowest BCUT2D eigenvalue weighted by molar-refractivity contribution is 0.628. The smallest absolute Gasteiger partial charge is 0.123 e. The van der Waals surface area contributed by atoms with Crippen molar-refractivity contribution in [2.45, 2.75) is 6.42 Å². The van der Waals surface area contributed by atoms with Gasteiger partial charge >= 0.3 is 0 Å². The Balaban J connectivity index is 2.32. The summed E-state index contributed by atoms with van der Waals surface area (Å²) in [5, 5.41) is 0. The van der Waals surface area contributed by atoms with Crippen LogP contribution >= 0.6 is 0 Å². The van der Waals surface area contributed by atoms with Crippen molar-refractivity contribution < 1.29 is 8.60 Å². The molecule has 4 heteroatoms. The van der Waals surface area contributed by atoms with E-state index in [0.717, 1.165) is 6.42 Å². The summed E-state index contributed by atoms with van der Waals surface area (Å²) in [6.07, 6.45) is 0.990. The molecule has 0 aliphatic carbocycles. The van der Waals surface area contributed by atoms with E-state index in [2.05, 4.69) is 4.36 Å². The minimum Gasteiger partial charge on any atom is -0.249 e. The fourth-order valence-electron chi connectivity index (χ4n) is 1.18. The van der Waals surface area contributed by atoms with Crippen molar-refractivity contribution in [2.24, 2.45) is 4.36 Å². The normalized spacial score (nSPS) is 19.2. The summed E-state index contributed by atoms with van der Waals surface area (Å²) in [5.74, 6) is 1.08. The Hall–Kier alpha value is -0.900. The van der Waals surface area contributed by atoms with Gasteiger partial charge in [-0.3, -0.25) is 0 Å². The van der Waals surface area contributed by atoms with Crippen molar-refractivity contribution in [2.75, 3.05) is 11.5 Å². The van der Waals surface area contributed by atoms with Gasteiger partial charge in [-0.15, -0.1) is 0 Å². The van der Waals surface area contributed by atoms with Crippen molar-refractivity contribution in [1.29, 1.82) is 0 Å². The van der Waals surface area contributed by atoms with E-state index in [1.807, 2.05) is 0 Å². The van der Waals surface area contributed by atoms with Gasteiger partial charge in [0.15, 0.2) is 0 Å². The second-order valence-corrected chi connectivity index (χ2v) is 5.65. The SMILES string of the molecule is O=S1(=Nc2ccc(F)cc2)CCC1. The van der Waals surface area contributed by atoms with Crippen LogP contribution in [0.25, 0.3) is 0 Å². The molecule has 1 heterocycles. The lowest BCUT2D eigenvalue weighted by Gasteiger charge is -2.17. The second-order valence-electron chi connectivity index (χ2n) is 3.10. The molecule has 13 heavy (non-hydrogen) atoms. The number of hydrogen-bond donors (Lipinski definition) is 0. The Morgan fingerprint density at radius 3 is 2.31 bits per heavy atom. The summed E-state index contributed by atoms with van der Waals surface area (Å²) in [4.78, 5) is 0. The van der Waals surface area contributed by atoms with Crippen molar-refractivity contribution in [3.8, 4) is 0 Å². The van der Waals surface area contributed by atoms with Crippen LogP contribution in [0.5, 0.6) is 0 Å². The minimum atomic E-state index is -1.95. The quantitative estimate of drug-likeness (QED) is 0.682. The minimum absolute atomic E-state index is 0.289. The van der Waals surface area contributed by atoms with Gasteiger partial charge in [0.05, 0.1) is 15.4 Å². The molecule has 0 spiro atoms. The fourth-order valence-corrected chi connectivity index (χ4v) is 2.65. The number of rotatable bonds is 1. The summed E-state index contributed by atoms with van der Waals surface area (Å²) in [7, 11) is -1.95. The average Bonchev–Trinajstić information content (AvgIpc) is 2.06. The molecule has 0 N–H and O–H groups in total. The molecule has 1 aliphatic rings. The topological polar surface area (TPSA) is 29.4 Å². The van der Waals surface area contributed by atoms with Crippen molar-refractivity contribution >= 4 is 15.4 Å². The van der Waals surface area contributed by atoms with Crippen molar-refractivity contribution in [3.63, 3.8) is 0 Å². The Kier molecular flexibility index (Phi) is 2.07. The summed E-state index contributed by atoms with van der Waals surface area (Å²) >= 11 is 0. The third-order valence-corrected chi connectivity index (χ3v) is 4.42. The van der Waals surface area contributed by atoms with Crippen LogP contribution in [0.2, 0.25) is 0 Å². The molecule has 2 nitrogen and oxygen atoms in total. The molecular weight excluding hydrogens is 189 g/mol. The third-order valence-electron chi connectivity index (χ3n) is 2.02. The Labute approximate surface area is 77.0 Å². The van der Waals surface area contributed by atoms with Gasteiger partial charge in [0.25, 0.3) is 0 Å². The predicted molar refractivity (Wildman–Crippen MR) is 51.0 cm³/mol. The van der Waals surface area contributed by atoms with Crippen LogP contribution in [0.15, 0.2) is 28.6 Å². The molecule has 2 rings (SSSR count). The highest BCUT2D eigenvalue weighted by Crippen LogP contribution is 2.21. The monoisotopic (exact) mass is 199 g/mol. The molecule has 0 saturated carbocycles. The largest absolute Gasteiger partial charge is 0.249 e. The molecular formula is C9H10FNOS. The van der Waals surface area contributed by atoms with E-state index in [4.69, 9.17) is 0 Å². The standard InChI is InChI=1S/C9H10FNOS/c10-8-2-4-9(5-3-8)11-13(12)6-1-7-13/h2-5H,1,6-7H2. The van der Waals surface area contributed by atoms with E-state index in [0.29, 0.717) is 17.2 Å². The van der Waals surface area contributed by atoms with Gasteiger partial charge in [0.1, 0.15) is 5.82 Å². The van der Waals surface area contributed by atoms with Crippen LogP contribution in [0.4, 0.5) is 10.1 Å². The molecule has 0 bridgehead atoms. The fraction of sp³-hybridized carbons (Fsp3) is 0.333. The van der Waals surface area contributed by atoms with Crippen LogP contribution in [-0.4, -0.2) is 15.7 Å². The maximum Gasteiger partial charge on any atom is 0.123 e. The predicted octanol–water partition coefficient (Wildman–Crippen LogP) is 2.33. The molecule has 0 unspecified atom stereocenters. The highest BCUT2D eigenvalue weighted by atomic mass is 32.2. The van der Waals surface area contributed by atoms with Gasteiger partial charge < -0.3 is 0 Å². The highest BCUT2D eigenvalue weighted by Gasteiger charge is 2.18. The van der Waals surface area contributed by atoms with Crippen molar-refractivity contribution in [3.05, 3.63) is 30.1 Å². The van der Waals surface area contributed by atoms with Crippen LogP contribution in [0.3, 0.4) is 0 Å². The van der Waals surface area contributed by atoms with E-state index in [1.54, 1.807) is 12.1 Å². The van der Waals surface area contributed by atoms with E-state index in [1.165, 1.54) is 12.1 Å². The second kappa shape index (κ2) is 3.10. The lowest BCUT2D eigenvalue weighted by atomic mass is 10.3. The van der Waals surface area contributed by atoms with Gasteiger partial charge in [0, 0.05) is 11.5 Å². The maximum atomic E-state index is 12.5. The van der Waals surface area contributed by atoms with E-state index in [-0.39, 0.29) is 5.82 Å². The van der Waals surface area contributed by atoms with Crippen LogP contribution in [0, 0.1) is 5.82 Å².